The van der Waals surface area contributed by atoms with Crippen LogP contribution in [0.4, 0.5) is 17.2 Å². The van der Waals surface area contributed by atoms with Gasteiger partial charge >= 0.3 is 0 Å². The van der Waals surface area contributed by atoms with E-state index in [4.69, 9.17) is 9.15 Å². The van der Waals surface area contributed by atoms with Crippen molar-refractivity contribution in [1.29, 1.82) is 0 Å². The first-order chi connectivity index (χ1) is 13.8. The van der Waals surface area contributed by atoms with Gasteiger partial charge in [-0.05, 0) is 36.4 Å². The van der Waals surface area contributed by atoms with E-state index in [1.54, 1.807) is 30.5 Å². The Hall–Kier alpha value is -3.39. The number of rotatable bonds is 6. The molecule has 144 valence electrons. The lowest BCUT2D eigenvalue weighted by Crippen LogP contribution is -2.36. The number of hydrogen-bond acceptors (Lipinski definition) is 7. The lowest BCUT2D eigenvalue weighted by atomic mass is 10.2. The second-order valence-corrected chi connectivity index (χ2v) is 6.31. The SMILES string of the molecule is O=C(NCc1ccco1)c1ccc(Nc2ccccc2N2CCOCC2)nn1. The Kier molecular flexibility index (Phi) is 5.48. The van der Waals surface area contributed by atoms with Crippen molar-refractivity contribution in [2.45, 2.75) is 6.54 Å². The summed E-state index contributed by atoms with van der Waals surface area (Å²) in [7, 11) is 0. The van der Waals surface area contributed by atoms with Crippen LogP contribution in [-0.4, -0.2) is 42.4 Å². The molecule has 0 aliphatic carbocycles. The number of ether oxygens (including phenoxy) is 1. The Morgan fingerprint density at radius 2 is 1.89 bits per heavy atom. The van der Waals surface area contributed by atoms with Crippen LogP contribution in [0.15, 0.2) is 59.2 Å². The number of aromatic nitrogens is 2. The molecule has 1 aromatic carbocycles. The van der Waals surface area contributed by atoms with Gasteiger partial charge in [0.05, 0.1) is 37.4 Å². The average molecular weight is 379 g/mol. The van der Waals surface area contributed by atoms with Gasteiger partial charge in [-0.1, -0.05) is 12.1 Å². The molecular weight excluding hydrogens is 358 g/mol. The Labute approximate surface area is 162 Å². The summed E-state index contributed by atoms with van der Waals surface area (Å²) in [5.41, 5.74) is 2.28. The summed E-state index contributed by atoms with van der Waals surface area (Å²) in [5.74, 6) is 0.951. The summed E-state index contributed by atoms with van der Waals surface area (Å²) in [4.78, 5) is 14.4. The van der Waals surface area contributed by atoms with Gasteiger partial charge in [-0.25, -0.2) is 0 Å². The van der Waals surface area contributed by atoms with Crippen molar-refractivity contribution in [2.24, 2.45) is 0 Å². The summed E-state index contributed by atoms with van der Waals surface area (Å²) in [6, 6.07) is 15.0. The van der Waals surface area contributed by atoms with E-state index >= 15 is 0 Å². The largest absolute Gasteiger partial charge is 0.467 e. The van der Waals surface area contributed by atoms with E-state index in [-0.39, 0.29) is 11.6 Å². The standard InChI is InChI=1S/C20H21N5O3/c26-20(21-14-15-4-3-11-28-15)17-7-8-19(24-23-17)22-16-5-1-2-6-18(16)25-9-12-27-13-10-25/h1-8,11H,9-10,12-14H2,(H,21,26)(H,22,24). The number of para-hydroxylation sites is 2. The zero-order valence-electron chi connectivity index (χ0n) is 15.3. The number of carbonyl (C=O) groups is 1. The molecule has 3 aromatic rings. The van der Waals surface area contributed by atoms with Crippen LogP contribution in [0.25, 0.3) is 0 Å². The summed E-state index contributed by atoms with van der Waals surface area (Å²) < 4.78 is 10.6. The number of nitrogens with zero attached hydrogens (tertiary/aromatic N) is 3. The lowest BCUT2D eigenvalue weighted by Gasteiger charge is -2.30. The molecule has 2 aromatic heterocycles. The van der Waals surface area contributed by atoms with Gasteiger partial charge < -0.3 is 24.7 Å². The third kappa shape index (κ3) is 4.29. The molecule has 1 amide bonds. The normalized spacial score (nSPS) is 13.9. The number of amides is 1. The maximum absolute atomic E-state index is 12.2. The molecule has 0 unspecified atom stereocenters. The highest BCUT2D eigenvalue weighted by Crippen LogP contribution is 2.28. The molecule has 1 fully saturated rings. The molecule has 0 bridgehead atoms. The minimum Gasteiger partial charge on any atom is -0.467 e. The number of anilines is 3. The van der Waals surface area contributed by atoms with Crippen LogP contribution in [0.3, 0.4) is 0 Å². The first-order valence-electron chi connectivity index (χ1n) is 9.13. The fourth-order valence-electron chi connectivity index (χ4n) is 2.99. The van der Waals surface area contributed by atoms with Gasteiger partial charge in [-0.15, -0.1) is 10.2 Å². The van der Waals surface area contributed by atoms with Crippen LogP contribution in [0, 0.1) is 0 Å². The van der Waals surface area contributed by atoms with Crippen LogP contribution in [0.1, 0.15) is 16.2 Å². The van der Waals surface area contributed by atoms with Gasteiger partial charge in [0.15, 0.2) is 11.5 Å². The van der Waals surface area contributed by atoms with E-state index in [0.717, 1.165) is 37.7 Å². The predicted molar refractivity (Wildman–Crippen MR) is 105 cm³/mol. The van der Waals surface area contributed by atoms with Crippen LogP contribution in [0.5, 0.6) is 0 Å². The molecule has 0 spiro atoms. The molecule has 28 heavy (non-hydrogen) atoms. The third-order valence-corrected chi connectivity index (χ3v) is 4.42. The predicted octanol–water partition coefficient (Wildman–Crippen LogP) is 2.58. The molecule has 1 aliphatic rings. The molecular formula is C20H21N5O3. The monoisotopic (exact) mass is 379 g/mol. The van der Waals surface area contributed by atoms with E-state index < -0.39 is 0 Å². The van der Waals surface area contributed by atoms with Crippen molar-refractivity contribution < 1.29 is 13.9 Å². The number of furan rings is 1. The van der Waals surface area contributed by atoms with Crippen molar-refractivity contribution in [3.05, 3.63) is 66.2 Å². The summed E-state index contributed by atoms with van der Waals surface area (Å²) >= 11 is 0. The molecule has 1 saturated heterocycles. The number of nitrogens with one attached hydrogen (secondary N) is 2. The highest BCUT2D eigenvalue weighted by molar-refractivity contribution is 5.92. The Morgan fingerprint density at radius 1 is 1.04 bits per heavy atom. The van der Waals surface area contributed by atoms with Crippen LogP contribution in [0.2, 0.25) is 0 Å². The Balaban J connectivity index is 1.41. The van der Waals surface area contributed by atoms with E-state index in [1.165, 1.54) is 0 Å². The van der Waals surface area contributed by atoms with Crippen molar-refractivity contribution in [3.8, 4) is 0 Å². The van der Waals surface area contributed by atoms with Gasteiger partial charge in [0.1, 0.15) is 5.76 Å². The number of hydrogen-bond donors (Lipinski definition) is 2. The molecule has 1 aliphatic heterocycles. The molecule has 0 saturated carbocycles. The lowest BCUT2D eigenvalue weighted by molar-refractivity contribution is 0.0942. The third-order valence-electron chi connectivity index (χ3n) is 4.42. The van der Waals surface area contributed by atoms with Gasteiger partial charge in [0.25, 0.3) is 5.91 Å². The quantitative estimate of drug-likeness (QED) is 0.680. The number of carbonyl (C=O) groups excluding carboxylic acids is 1. The fourth-order valence-corrected chi connectivity index (χ4v) is 2.99. The molecule has 3 heterocycles. The molecule has 0 atom stereocenters. The summed E-state index contributed by atoms with van der Waals surface area (Å²) in [6.45, 7) is 3.44. The average Bonchev–Trinajstić information content (AvgIpc) is 3.27. The second-order valence-electron chi connectivity index (χ2n) is 6.31. The van der Waals surface area contributed by atoms with Gasteiger partial charge in [0, 0.05) is 13.1 Å². The summed E-state index contributed by atoms with van der Waals surface area (Å²) in [5, 5.41) is 14.2. The van der Waals surface area contributed by atoms with Crippen molar-refractivity contribution >= 4 is 23.1 Å². The first kappa shape index (κ1) is 18.0. The van der Waals surface area contributed by atoms with E-state index in [1.807, 2.05) is 18.2 Å². The smallest absolute Gasteiger partial charge is 0.272 e. The minimum atomic E-state index is -0.302. The fraction of sp³-hybridized carbons (Fsp3) is 0.250. The molecule has 2 N–H and O–H groups in total. The molecule has 8 nitrogen and oxygen atoms in total. The summed E-state index contributed by atoms with van der Waals surface area (Å²) in [6.07, 6.45) is 1.57. The molecule has 0 radical (unpaired) electrons. The number of benzene rings is 1. The van der Waals surface area contributed by atoms with Gasteiger partial charge in [0.2, 0.25) is 0 Å². The first-order valence-corrected chi connectivity index (χ1v) is 9.13. The highest BCUT2D eigenvalue weighted by atomic mass is 16.5. The van der Waals surface area contributed by atoms with E-state index in [2.05, 4.69) is 31.8 Å². The second kappa shape index (κ2) is 8.53. The van der Waals surface area contributed by atoms with E-state index in [9.17, 15) is 4.79 Å². The van der Waals surface area contributed by atoms with Gasteiger partial charge in [-0.2, -0.15) is 0 Å². The maximum atomic E-state index is 12.2. The van der Waals surface area contributed by atoms with E-state index in [0.29, 0.717) is 18.1 Å². The highest BCUT2D eigenvalue weighted by Gasteiger charge is 2.15. The Bertz CT molecular complexity index is 906. The molecule has 8 heteroatoms. The minimum absolute atomic E-state index is 0.249. The Morgan fingerprint density at radius 3 is 2.64 bits per heavy atom. The zero-order valence-corrected chi connectivity index (χ0v) is 15.3. The van der Waals surface area contributed by atoms with Crippen molar-refractivity contribution in [1.82, 2.24) is 15.5 Å². The van der Waals surface area contributed by atoms with Crippen molar-refractivity contribution in [3.63, 3.8) is 0 Å². The topological polar surface area (TPSA) is 92.5 Å². The maximum Gasteiger partial charge on any atom is 0.272 e. The zero-order chi connectivity index (χ0) is 19.2. The number of morpholine rings is 1. The van der Waals surface area contributed by atoms with Crippen LogP contribution in [-0.2, 0) is 11.3 Å². The van der Waals surface area contributed by atoms with Crippen LogP contribution < -0.4 is 15.5 Å². The van der Waals surface area contributed by atoms with Crippen LogP contribution >= 0.6 is 0 Å². The van der Waals surface area contributed by atoms with Crippen molar-refractivity contribution in [2.75, 3.05) is 36.5 Å². The van der Waals surface area contributed by atoms with Gasteiger partial charge in [-0.3, -0.25) is 4.79 Å². The molecule has 4 rings (SSSR count).